The van der Waals surface area contributed by atoms with E-state index in [-0.39, 0.29) is 5.91 Å². The normalized spacial score (nSPS) is 9.90. The van der Waals surface area contributed by atoms with E-state index in [2.05, 4.69) is 21.2 Å². The summed E-state index contributed by atoms with van der Waals surface area (Å²) in [6.45, 7) is 0. The van der Waals surface area contributed by atoms with Crippen LogP contribution in [0, 0.1) is 11.3 Å². The topological polar surface area (TPSA) is 52.9 Å². The van der Waals surface area contributed by atoms with Crippen LogP contribution in [0.1, 0.15) is 15.9 Å². The van der Waals surface area contributed by atoms with Crippen LogP contribution in [0.3, 0.4) is 0 Å². The van der Waals surface area contributed by atoms with E-state index in [0.717, 1.165) is 0 Å². The zero-order valence-electron chi connectivity index (χ0n) is 9.95. The fraction of sp³-hybridized carbons (Fsp3) is 0. The second kappa shape index (κ2) is 6.27. The number of carbonyl (C=O) groups excluding carboxylic acids is 1. The number of hydrogen-bond acceptors (Lipinski definition) is 2. The van der Waals surface area contributed by atoms with Crippen molar-refractivity contribution in [2.45, 2.75) is 0 Å². The number of rotatable bonds is 2. The molecule has 6 heteroatoms. The van der Waals surface area contributed by atoms with Gasteiger partial charge in [0.2, 0.25) is 0 Å². The van der Waals surface area contributed by atoms with Gasteiger partial charge in [0, 0.05) is 20.1 Å². The maximum absolute atomic E-state index is 12.2. The molecule has 2 aromatic rings. The average molecular weight is 370 g/mol. The first-order chi connectivity index (χ1) is 9.49. The predicted molar refractivity (Wildman–Crippen MR) is 83.3 cm³/mol. The second-order valence-corrected chi connectivity index (χ2v) is 5.70. The van der Waals surface area contributed by atoms with E-state index in [1.54, 1.807) is 24.3 Å². The van der Waals surface area contributed by atoms with Gasteiger partial charge in [-0.1, -0.05) is 39.1 Å². The van der Waals surface area contributed by atoms with Crippen LogP contribution < -0.4 is 5.32 Å². The summed E-state index contributed by atoms with van der Waals surface area (Å²) in [7, 11) is 0. The lowest BCUT2D eigenvalue weighted by Crippen LogP contribution is -2.13. The van der Waals surface area contributed by atoms with Crippen LogP contribution >= 0.6 is 39.1 Å². The van der Waals surface area contributed by atoms with E-state index >= 15 is 0 Å². The van der Waals surface area contributed by atoms with Crippen LogP contribution in [-0.4, -0.2) is 5.91 Å². The van der Waals surface area contributed by atoms with Crippen molar-refractivity contribution in [3.05, 3.63) is 62.0 Å². The van der Waals surface area contributed by atoms with E-state index in [1.165, 1.54) is 12.1 Å². The zero-order valence-corrected chi connectivity index (χ0v) is 13.1. The first-order valence-corrected chi connectivity index (χ1v) is 7.01. The van der Waals surface area contributed by atoms with Gasteiger partial charge in [0.1, 0.15) is 6.07 Å². The average Bonchev–Trinajstić information content (AvgIpc) is 2.37. The zero-order chi connectivity index (χ0) is 14.7. The van der Waals surface area contributed by atoms with Crippen molar-refractivity contribution >= 4 is 50.7 Å². The Balaban J connectivity index is 2.32. The van der Waals surface area contributed by atoms with Gasteiger partial charge in [-0.2, -0.15) is 5.26 Å². The Kier molecular flexibility index (Phi) is 4.66. The first-order valence-electron chi connectivity index (χ1n) is 5.46. The quantitative estimate of drug-likeness (QED) is 0.820. The first kappa shape index (κ1) is 14.9. The van der Waals surface area contributed by atoms with E-state index < -0.39 is 0 Å². The Morgan fingerprint density at radius 1 is 1.15 bits per heavy atom. The summed E-state index contributed by atoms with van der Waals surface area (Å²) in [5.74, 6) is -0.369. The molecule has 2 rings (SSSR count). The van der Waals surface area contributed by atoms with Crippen LogP contribution in [0.4, 0.5) is 5.69 Å². The molecule has 0 saturated heterocycles. The molecule has 20 heavy (non-hydrogen) atoms. The van der Waals surface area contributed by atoms with Crippen LogP contribution in [-0.2, 0) is 0 Å². The van der Waals surface area contributed by atoms with E-state index in [0.29, 0.717) is 31.3 Å². The molecule has 0 heterocycles. The minimum atomic E-state index is -0.369. The molecular formula is C14H7BrCl2N2O. The standard InChI is InChI=1S/C14H7BrCl2N2O/c15-10-3-9(4-12(17)5-10)14(20)19-13-6-11(16)2-1-8(13)7-18/h1-6H,(H,19,20). The Morgan fingerprint density at radius 3 is 2.55 bits per heavy atom. The molecule has 0 aromatic heterocycles. The third kappa shape index (κ3) is 3.51. The molecule has 3 nitrogen and oxygen atoms in total. The van der Waals surface area contributed by atoms with Crippen LogP contribution in [0.2, 0.25) is 10.0 Å². The van der Waals surface area contributed by atoms with Gasteiger partial charge < -0.3 is 5.32 Å². The van der Waals surface area contributed by atoms with Gasteiger partial charge in [0.25, 0.3) is 5.91 Å². The van der Waals surface area contributed by atoms with Gasteiger partial charge >= 0.3 is 0 Å². The second-order valence-electron chi connectivity index (χ2n) is 3.91. The highest BCUT2D eigenvalue weighted by Crippen LogP contribution is 2.23. The largest absolute Gasteiger partial charge is 0.321 e. The van der Waals surface area contributed by atoms with Crippen LogP contribution in [0.5, 0.6) is 0 Å². The lowest BCUT2D eigenvalue weighted by molar-refractivity contribution is 0.102. The number of carbonyl (C=O) groups is 1. The predicted octanol–water partition coefficient (Wildman–Crippen LogP) is 4.88. The number of halogens is 3. The van der Waals surface area contributed by atoms with Crippen molar-refractivity contribution in [3.8, 4) is 6.07 Å². The van der Waals surface area contributed by atoms with Crippen molar-refractivity contribution in [2.75, 3.05) is 5.32 Å². The summed E-state index contributed by atoms with van der Waals surface area (Å²) in [6.07, 6.45) is 0. The molecule has 0 spiro atoms. The number of benzene rings is 2. The summed E-state index contributed by atoms with van der Waals surface area (Å²) < 4.78 is 0.696. The van der Waals surface area contributed by atoms with Gasteiger partial charge in [-0.05, 0) is 36.4 Å². The number of nitriles is 1. The van der Waals surface area contributed by atoms with Crippen molar-refractivity contribution < 1.29 is 4.79 Å². The monoisotopic (exact) mass is 368 g/mol. The van der Waals surface area contributed by atoms with E-state index in [9.17, 15) is 4.79 Å². The van der Waals surface area contributed by atoms with Crippen LogP contribution in [0.25, 0.3) is 0 Å². The molecule has 2 aromatic carbocycles. The summed E-state index contributed by atoms with van der Waals surface area (Å²) in [6, 6.07) is 11.5. The number of nitrogens with zero attached hydrogens (tertiary/aromatic N) is 1. The Labute approximate surface area is 134 Å². The minimum absolute atomic E-state index is 0.337. The number of nitrogens with one attached hydrogen (secondary N) is 1. The smallest absolute Gasteiger partial charge is 0.255 e. The van der Waals surface area contributed by atoms with Gasteiger partial charge in [-0.3, -0.25) is 4.79 Å². The number of amides is 1. The van der Waals surface area contributed by atoms with E-state index in [4.69, 9.17) is 28.5 Å². The molecule has 1 amide bonds. The highest BCUT2D eigenvalue weighted by atomic mass is 79.9. The van der Waals surface area contributed by atoms with Crippen LogP contribution in [0.15, 0.2) is 40.9 Å². The molecule has 0 aliphatic rings. The lowest BCUT2D eigenvalue weighted by Gasteiger charge is -2.08. The molecule has 100 valence electrons. The van der Waals surface area contributed by atoms with Crippen molar-refractivity contribution in [3.63, 3.8) is 0 Å². The molecule has 0 saturated carbocycles. The highest BCUT2D eigenvalue weighted by Gasteiger charge is 2.11. The highest BCUT2D eigenvalue weighted by molar-refractivity contribution is 9.10. The van der Waals surface area contributed by atoms with Crippen molar-refractivity contribution in [2.24, 2.45) is 0 Å². The molecule has 0 atom stereocenters. The van der Waals surface area contributed by atoms with Gasteiger partial charge in [0.05, 0.1) is 11.3 Å². The molecular weight excluding hydrogens is 363 g/mol. The summed E-state index contributed by atoms with van der Waals surface area (Å²) in [4.78, 5) is 12.2. The maximum Gasteiger partial charge on any atom is 0.255 e. The fourth-order valence-electron chi connectivity index (χ4n) is 1.60. The number of hydrogen-bond donors (Lipinski definition) is 1. The SMILES string of the molecule is N#Cc1ccc(Cl)cc1NC(=O)c1cc(Cl)cc(Br)c1. The Morgan fingerprint density at radius 2 is 1.90 bits per heavy atom. The molecule has 0 aliphatic carbocycles. The van der Waals surface area contributed by atoms with Crippen molar-refractivity contribution in [1.29, 1.82) is 5.26 Å². The van der Waals surface area contributed by atoms with Gasteiger partial charge in [-0.25, -0.2) is 0 Å². The molecule has 0 aliphatic heterocycles. The molecule has 0 radical (unpaired) electrons. The van der Waals surface area contributed by atoms with Crippen molar-refractivity contribution in [1.82, 2.24) is 0 Å². The summed E-state index contributed by atoms with van der Waals surface area (Å²) in [5.41, 5.74) is 1.08. The molecule has 1 N–H and O–H groups in total. The van der Waals surface area contributed by atoms with Gasteiger partial charge in [0.15, 0.2) is 0 Å². The summed E-state index contributed by atoms with van der Waals surface area (Å²) >= 11 is 15.0. The maximum atomic E-state index is 12.2. The third-order valence-electron chi connectivity index (χ3n) is 2.48. The third-order valence-corrected chi connectivity index (χ3v) is 3.39. The van der Waals surface area contributed by atoms with E-state index in [1.807, 2.05) is 6.07 Å². The molecule has 0 fully saturated rings. The molecule has 0 bridgehead atoms. The number of anilines is 1. The Bertz CT molecular complexity index is 705. The van der Waals surface area contributed by atoms with Gasteiger partial charge in [-0.15, -0.1) is 0 Å². The molecule has 0 unspecified atom stereocenters. The fourth-order valence-corrected chi connectivity index (χ4v) is 2.63. The minimum Gasteiger partial charge on any atom is -0.321 e. The summed E-state index contributed by atoms with van der Waals surface area (Å²) in [5, 5.41) is 12.5. The Hall–Kier alpha value is -1.54. The lowest BCUT2D eigenvalue weighted by atomic mass is 10.1.